The molecule has 2 aromatic rings. The van der Waals surface area contributed by atoms with Crippen molar-refractivity contribution < 1.29 is 19.1 Å². The first-order chi connectivity index (χ1) is 13.0. The van der Waals surface area contributed by atoms with E-state index in [0.717, 1.165) is 8.95 Å². The van der Waals surface area contributed by atoms with Crippen molar-refractivity contribution in [2.45, 2.75) is 25.1 Å². The maximum absolute atomic E-state index is 12.9. The molecule has 6 nitrogen and oxygen atoms in total. The van der Waals surface area contributed by atoms with E-state index in [0.29, 0.717) is 23.2 Å². The number of rotatable bonds is 3. The summed E-state index contributed by atoms with van der Waals surface area (Å²) in [4.78, 5) is 38.9. The molecular formula is C19H14Br2N2O4. The summed E-state index contributed by atoms with van der Waals surface area (Å²) in [6.07, 6.45) is -0.266. The molecule has 2 aliphatic heterocycles. The second-order valence-electron chi connectivity index (χ2n) is 6.31. The van der Waals surface area contributed by atoms with E-state index in [4.69, 9.17) is 4.74 Å². The number of anilines is 1. The second-order valence-corrected chi connectivity index (χ2v) is 8.08. The first-order valence-electron chi connectivity index (χ1n) is 8.32. The van der Waals surface area contributed by atoms with E-state index < -0.39 is 18.2 Å². The topological polar surface area (TPSA) is 75.7 Å². The minimum atomic E-state index is -0.868. The number of ether oxygens (including phenoxy) is 1. The van der Waals surface area contributed by atoms with Crippen LogP contribution in [-0.2, 0) is 14.3 Å². The number of halogens is 2. The number of cyclic esters (lactones) is 1. The van der Waals surface area contributed by atoms with Gasteiger partial charge in [-0.3, -0.25) is 14.5 Å². The van der Waals surface area contributed by atoms with Gasteiger partial charge < -0.3 is 10.1 Å². The first-order valence-corrected chi connectivity index (χ1v) is 9.91. The summed E-state index contributed by atoms with van der Waals surface area (Å²) in [5.74, 6) is -1.01. The van der Waals surface area contributed by atoms with Crippen molar-refractivity contribution in [1.29, 1.82) is 0 Å². The zero-order valence-corrected chi connectivity index (χ0v) is 17.1. The minimum absolute atomic E-state index is 0.209. The Kier molecular flexibility index (Phi) is 4.77. The fourth-order valence-electron chi connectivity index (χ4n) is 3.39. The fourth-order valence-corrected chi connectivity index (χ4v) is 4.54. The molecule has 0 radical (unpaired) electrons. The van der Waals surface area contributed by atoms with Crippen LogP contribution >= 0.6 is 31.9 Å². The average molecular weight is 494 g/mol. The first kappa shape index (κ1) is 18.2. The van der Waals surface area contributed by atoms with Gasteiger partial charge in [-0.1, -0.05) is 34.1 Å². The summed E-state index contributed by atoms with van der Waals surface area (Å²) in [5.41, 5.74) is 1.64. The molecule has 0 spiro atoms. The number of fused-ring (bicyclic) bond motifs is 1. The van der Waals surface area contributed by atoms with Gasteiger partial charge in [0.15, 0.2) is 0 Å². The maximum atomic E-state index is 12.9. The molecule has 0 bridgehead atoms. The lowest BCUT2D eigenvalue weighted by Crippen LogP contribution is -2.43. The molecule has 0 aromatic heterocycles. The Bertz CT molecular complexity index is 962. The number of amides is 2. The van der Waals surface area contributed by atoms with Gasteiger partial charge in [-0.25, -0.2) is 4.79 Å². The van der Waals surface area contributed by atoms with Gasteiger partial charge in [-0.15, -0.1) is 0 Å². The fraction of sp³-hybridized carbons (Fsp3) is 0.211. The molecule has 1 fully saturated rings. The second kappa shape index (κ2) is 7.09. The van der Waals surface area contributed by atoms with E-state index in [1.54, 1.807) is 30.3 Å². The molecule has 2 atom stereocenters. The van der Waals surface area contributed by atoms with Gasteiger partial charge in [0, 0.05) is 20.9 Å². The third-order valence-electron chi connectivity index (χ3n) is 4.67. The molecule has 1 N–H and O–H groups in total. The molecule has 2 aromatic carbocycles. The molecule has 2 heterocycles. The van der Waals surface area contributed by atoms with Crippen LogP contribution in [0.15, 0.2) is 51.4 Å². The quantitative estimate of drug-likeness (QED) is 0.655. The van der Waals surface area contributed by atoms with E-state index in [1.807, 2.05) is 12.1 Å². The maximum Gasteiger partial charge on any atom is 0.340 e. The van der Waals surface area contributed by atoms with Crippen LogP contribution in [0.2, 0.25) is 0 Å². The molecule has 0 aliphatic carbocycles. The van der Waals surface area contributed by atoms with Crippen LogP contribution in [0, 0.1) is 0 Å². The Morgan fingerprint density at radius 2 is 1.93 bits per heavy atom. The summed E-state index contributed by atoms with van der Waals surface area (Å²) in [6.45, 7) is 0. The monoisotopic (exact) mass is 492 g/mol. The van der Waals surface area contributed by atoms with Crippen molar-refractivity contribution in [3.8, 4) is 0 Å². The average Bonchev–Trinajstić information content (AvgIpc) is 3.18. The molecule has 8 heteroatoms. The highest BCUT2D eigenvalue weighted by molar-refractivity contribution is 9.11. The number of nitrogens with zero attached hydrogens (tertiary/aromatic N) is 1. The van der Waals surface area contributed by atoms with Crippen LogP contribution in [0.3, 0.4) is 0 Å². The molecule has 1 saturated heterocycles. The Morgan fingerprint density at radius 3 is 2.70 bits per heavy atom. The lowest BCUT2D eigenvalue weighted by molar-refractivity contribution is -0.144. The van der Waals surface area contributed by atoms with Crippen molar-refractivity contribution in [2.24, 2.45) is 0 Å². The number of esters is 1. The summed E-state index contributed by atoms with van der Waals surface area (Å²) in [5, 5.41) is 2.85. The highest BCUT2D eigenvalue weighted by Crippen LogP contribution is 2.38. The van der Waals surface area contributed by atoms with Crippen LogP contribution in [0.1, 0.15) is 35.0 Å². The highest BCUT2D eigenvalue weighted by atomic mass is 79.9. The Hall–Kier alpha value is -2.19. The standard InChI is InChI=1S/C19H14Br2N2O4/c20-10-5-6-14(13(21)9-10)22-17(25)15-7-8-16(24)23(15)18-11-3-1-2-4-12(11)19(26)27-18/h1-6,9,15,18H,7-8H2,(H,22,25)/t15-,18-/m0/s1. The third-order valence-corrected chi connectivity index (χ3v) is 5.81. The van der Waals surface area contributed by atoms with Crippen LogP contribution in [0.4, 0.5) is 5.69 Å². The summed E-state index contributed by atoms with van der Waals surface area (Å²) >= 11 is 6.78. The van der Waals surface area contributed by atoms with Crippen LogP contribution in [0.25, 0.3) is 0 Å². The van der Waals surface area contributed by atoms with Crippen LogP contribution < -0.4 is 5.32 Å². The van der Waals surface area contributed by atoms with Crippen molar-refractivity contribution in [1.82, 2.24) is 4.90 Å². The molecule has 4 rings (SSSR count). The zero-order valence-electron chi connectivity index (χ0n) is 13.9. The van der Waals surface area contributed by atoms with E-state index in [9.17, 15) is 14.4 Å². The molecular weight excluding hydrogens is 480 g/mol. The van der Waals surface area contributed by atoms with Gasteiger partial charge in [0.05, 0.1) is 11.3 Å². The van der Waals surface area contributed by atoms with Crippen LogP contribution in [0.5, 0.6) is 0 Å². The highest BCUT2D eigenvalue weighted by Gasteiger charge is 2.46. The number of likely N-dealkylation sites (tertiary alicyclic amines) is 1. The normalized spacial score (nSPS) is 21.2. The van der Waals surface area contributed by atoms with Crippen molar-refractivity contribution >= 4 is 55.3 Å². The third kappa shape index (κ3) is 3.27. The van der Waals surface area contributed by atoms with Crippen molar-refractivity contribution in [3.63, 3.8) is 0 Å². The van der Waals surface area contributed by atoms with Crippen LogP contribution in [-0.4, -0.2) is 28.7 Å². The molecule has 27 heavy (non-hydrogen) atoms. The number of hydrogen-bond acceptors (Lipinski definition) is 4. The van der Waals surface area contributed by atoms with Crippen molar-refractivity contribution in [2.75, 3.05) is 5.32 Å². The van der Waals surface area contributed by atoms with Crippen molar-refractivity contribution in [3.05, 3.63) is 62.5 Å². The number of benzene rings is 2. The van der Waals surface area contributed by atoms with Gasteiger partial charge in [0.1, 0.15) is 6.04 Å². The summed E-state index contributed by atoms with van der Waals surface area (Å²) in [7, 11) is 0. The van der Waals surface area contributed by atoms with E-state index in [-0.39, 0.29) is 18.2 Å². The van der Waals surface area contributed by atoms with Gasteiger partial charge in [-0.05, 0) is 46.6 Å². The predicted octanol–water partition coefficient (Wildman–Crippen LogP) is 4.01. The Morgan fingerprint density at radius 1 is 1.15 bits per heavy atom. The number of hydrogen-bond donors (Lipinski definition) is 1. The largest absolute Gasteiger partial charge is 0.433 e. The molecule has 2 amide bonds. The zero-order chi connectivity index (χ0) is 19.1. The predicted molar refractivity (Wildman–Crippen MR) is 105 cm³/mol. The lowest BCUT2D eigenvalue weighted by Gasteiger charge is -2.29. The summed E-state index contributed by atoms with van der Waals surface area (Å²) in [6, 6.07) is 11.6. The number of carbonyl (C=O) groups excluding carboxylic acids is 3. The Labute approximate surface area is 172 Å². The van der Waals surface area contributed by atoms with Gasteiger partial charge in [0.25, 0.3) is 0 Å². The molecule has 138 valence electrons. The van der Waals surface area contributed by atoms with E-state index in [2.05, 4.69) is 37.2 Å². The van der Waals surface area contributed by atoms with E-state index >= 15 is 0 Å². The smallest absolute Gasteiger partial charge is 0.340 e. The van der Waals surface area contributed by atoms with E-state index in [1.165, 1.54) is 4.90 Å². The minimum Gasteiger partial charge on any atom is -0.433 e. The lowest BCUT2D eigenvalue weighted by atomic mass is 10.1. The molecule has 0 saturated carbocycles. The molecule has 2 aliphatic rings. The number of nitrogens with one attached hydrogen (secondary N) is 1. The SMILES string of the molecule is O=C1O[C@H](N2C(=O)CC[C@H]2C(=O)Nc2ccc(Br)cc2Br)c2ccccc21. The van der Waals surface area contributed by atoms with Gasteiger partial charge >= 0.3 is 5.97 Å². The molecule has 0 unspecified atom stereocenters. The van der Waals surface area contributed by atoms with Gasteiger partial charge in [-0.2, -0.15) is 0 Å². The Balaban J connectivity index is 1.60. The van der Waals surface area contributed by atoms with Gasteiger partial charge in [0.2, 0.25) is 18.0 Å². The number of carbonyl (C=O) groups is 3. The summed E-state index contributed by atoms with van der Waals surface area (Å²) < 4.78 is 7.02.